The number of methoxy groups -OCH3 is 1. The van der Waals surface area contributed by atoms with Crippen LogP contribution in [0.1, 0.15) is 12.1 Å². The number of halogens is 2. The van der Waals surface area contributed by atoms with Crippen LogP contribution in [0.5, 0.6) is 5.88 Å². The van der Waals surface area contributed by atoms with E-state index in [9.17, 15) is 13.6 Å². The molecule has 0 radical (unpaired) electrons. The van der Waals surface area contributed by atoms with E-state index in [1.807, 2.05) is 6.08 Å². The maximum Gasteiger partial charge on any atom is 0.244 e. The third kappa shape index (κ3) is 4.97. The number of ether oxygens (including phenoxy) is 1. The van der Waals surface area contributed by atoms with Crippen LogP contribution in [0, 0.1) is 11.6 Å². The summed E-state index contributed by atoms with van der Waals surface area (Å²) in [4.78, 5) is 27.8. The molecule has 182 valence electrons. The van der Waals surface area contributed by atoms with E-state index in [0.29, 0.717) is 48.2 Å². The van der Waals surface area contributed by atoms with Gasteiger partial charge in [-0.3, -0.25) is 4.79 Å². The molecule has 1 amide bonds. The average molecular weight is 488 g/mol. The van der Waals surface area contributed by atoms with Crippen molar-refractivity contribution >= 4 is 11.5 Å². The van der Waals surface area contributed by atoms with Crippen molar-refractivity contribution in [2.24, 2.45) is 0 Å². The second-order valence-corrected chi connectivity index (χ2v) is 8.20. The van der Waals surface area contributed by atoms with Crippen molar-refractivity contribution in [1.82, 2.24) is 29.6 Å². The van der Waals surface area contributed by atoms with Gasteiger partial charge < -0.3 is 9.64 Å². The first-order chi connectivity index (χ1) is 17.5. The maximum absolute atomic E-state index is 13.5. The minimum absolute atomic E-state index is 0.0502. The molecule has 0 fully saturated rings. The normalized spacial score (nSPS) is 13.4. The third-order valence-corrected chi connectivity index (χ3v) is 5.90. The van der Waals surface area contributed by atoms with Crippen LogP contribution in [0.25, 0.3) is 28.3 Å². The number of rotatable bonds is 6. The van der Waals surface area contributed by atoms with E-state index in [-0.39, 0.29) is 24.1 Å². The lowest BCUT2D eigenvalue weighted by atomic mass is 10.0. The molecule has 0 aliphatic carbocycles. The monoisotopic (exact) mass is 488 g/mol. The predicted molar refractivity (Wildman–Crippen MR) is 129 cm³/mol. The van der Waals surface area contributed by atoms with Gasteiger partial charge in [-0.25, -0.2) is 28.4 Å². The summed E-state index contributed by atoms with van der Waals surface area (Å²) in [5, 5.41) is 4.52. The number of amides is 1. The van der Waals surface area contributed by atoms with E-state index in [4.69, 9.17) is 4.74 Å². The van der Waals surface area contributed by atoms with Crippen LogP contribution in [0.4, 0.5) is 8.78 Å². The highest BCUT2D eigenvalue weighted by molar-refractivity contribution is 5.78. The highest BCUT2D eigenvalue weighted by Crippen LogP contribution is 2.25. The van der Waals surface area contributed by atoms with Gasteiger partial charge in [0.15, 0.2) is 11.6 Å². The molecule has 0 spiro atoms. The largest absolute Gasteiger partial charge is 0.481 e. The molecule has 8 nitrogen and oxygen atoms in total. The molecule has 0 N–H and O–H groups in total. The van der Waals surface area contributed by atoms with Gasteiger partial charge in [-0.15, -0.1) is 5.10 Å². The van der Waals surface area contributed by atoms with E-state index < -0.39 is 0 Å². The Balaban J connectivity index is 1.38. The molecule has 4 aromatic rings. The summed E-state index contributed by atoms with van der Waals surface area (Å²) in [5.41, 5.74) is 3.01. The topological polar surface area (TPSA) is 86.0 Å². The van der Waals surface area contributed by atoms with Gasteiger partial charge in [0.2, 0.25) is 11.8 Å². The zero-order chi connectivity index (χ0) is 25.1. The first-order valence-electron chi connectivity index (χ1n) is 11.3. The fourth-order valence-corrected chi connectivity index (χ4v) is 3.97. The Morgan fingerprint density at radius 2 is 1.69 bits per heavy atom. The molecular formula is C26H22F2N6O2. The van der Waals surface area contributed by atoms with Gasteiger partial charge >= 0.3 is 0 Å². The summed E-state index contributed by atoms with van der Waals surface area (Å²) >= 11 is 0. The van der Waals surface area contributed by atoms with Crippen molar-refractivity contribution in [2.75, 3.05) is 20.2 Å². The van der Waals surface area contributed by atoms with Crippen molar-refractivity contribution in [1.29, 1.82) is 0 Å². The fourth-order valence-electron chi connectivity index (χ4n) is 3.97. The van der Waals surface area contributed by atoms with Crippen LogP contribution in [-0.4, -0.2) is 55.7 Å². The van der Waals surface area contributed by atoms with Gasteiger partial charge in [0, 0.05) is 30.3 Å². The molecule has 2 aromatic heterocycles. The molecule has 10 heteroatoms. The zero-order valence-corrected chi connectivity index (χ0v) is 19.4. The van der Waals surface area contributed by atoms with Crippen LogP contribution < -0.4 is 4.74 Å². The molecule has 0 bridgehead atoms. The second kappa shape index (κ2) is 10.0. The zero-order valence-electron chi connectivity index (χ0n) is 19.4. The number of aromatic nitrogens is 5. The summed E-state index contributed by atoms with van der Waals surface area (Å²) in [7, 11) is 1.55. The summed E-state index contributed by atoms with van der Waals surface area (Å²) in [6.07, 6.45) is 4.05. The Kier molecular flexibility index (Phi) is 6.48. The highest BCUT2D eigenvalue weighted by atomic mass is 19.1. The number of nitrogens with zero attached hydrogens (tertiary/aromatic N) is 6. The Morgan fingerprint density at radius 3 is 2.33 bits per heavy atom. The van der Waals surface area contributed by atoms with Crippen LogP contribution in [0.2, 0.25) is 0 Å². The lowest BCUT2D eigenvalue weighted by molar-refractivity contribution is -0.131. The lowest BCUT2D eigenvalue weighted by Gasteiger charge is -2.26. The molecule has 5 rings (SSSR count). The van der Waals surface area contributed by atoms with Crippen molar-refractivity contribution in [3.63, 3.8) is 0 Å². The number of hydrogen-bond acceptors (Lipinski definition) is 6. The molecule has 0 atom stereocenters. The number of benzene rings is 2. The van der Waals surface area contributed by atoms with Crippen LogP contribution >= 0.6 is 0 Å². The van der Waals surface area contributed by atoms with Gasteiger partial charge in [0.05, 0.1) is 12.8 Å². The summed E-state index contributed by atoms with van der Waals surface area (Å²) < 4.78 is 33.6. The van der Waals surface area contributed by atoms with Crippen LogP contribution in [0.15, 0.2) is 67.0 Å². The van der Waals surface area contributed by atoms with Gasteiger partial charge in [-0.05, 0) is 60.5 Å². The predicted octanol–water partition coefficient (Wildman–Crippen LogP) is 4.00. The van der Waals surface area contributed by atoms with Crippen molar-refractivity contribution in [3.05, 3.63) is 84.3 Å². The minimum atomic E-state index is -0.378. The average Bonchev–Trinajstić information content (AvgIpc) is 3.33. The number of carbonyl (C=O) groups excluding carboxylic acids is 1. The van der Waals surface area contributed by atoms with Gasteiger partial charge in [-0.2, -0.15) is 0 Å². The summed E-state index contributed by atoms with van der Waals surface area (Å²) in [5.74, 6) is 0.368. The molecule has 1 aliphatic heterocycles. The molecule has 36 heavy (non-hydrogen) atoms. The first-order valence-corrected chi connectivity index (χ1v) is 11.3. The van der Waals surface area contributed by atoms with E-state index in [0.717, 1.165) is 11.3 Å². The first kappa shape index (κ1) is 23.3. The molecule has 0 unspecified atom stereocenters. The van der Waals surface area contributed by atoms with E-state index in [1.165, 1.54) is 35.3 Å². The Bertz CT molecular complexity index is 1420. The summed E-state index contributed by atoms with van der Waals surface area (Å²) in [6, 6.07) is 13.4. The van der Waals surface area contributed by atoms with Crippen molar-refractivity contribution < 1.29 is 18.3 Å². The number of carbonyl (C=O) groups is 1. The molecule has 0 saturated heterocycles. The van der Waals surface area contributed by atoms with Gasteiger partial charge in [-0.1, -0.05) is 6.08 Å². The summed E-state index contributed by atoms with van der Waals surface area (Å²) in [6.45, 7) is 0.889. The van der Waals surface area contributed by atoms with Crippen LogP contribution in [-0.2, 0) is 11.3 Å². The Labute approximate surface area is 205 Å². The standard InChI is InChI=1S/C26H22F2N6O2/c1-36-23-14-22(29-16-30-23)17-10-12-33(13-11-17)24(35)15-34-26(19-4-8-21(28)9-5-19)31-25(32-34)18-2-6-20(27)7-3-18/h2-10,14,16H,11-13,15H2,1H3. The molecule has 0 saturated carbocycles. The third-order valence-electron chi connectivity index (χ3n) is 5.90. The smallest absolute Gasteiger partial charge is 0.244 e. The SMILES string of the molecule is COc1cc(C2=CCN(C(=O)Cn3nc(-c4ccc(F)cc4)nc3-c3ccc(F)cc3)CC2)ncn1. The van der Waals surface area contributed by atoms with Gasteiger partial charge in [0.1, 0.15) is 24.5 Å². The molecular weight excluding hydrogens is 466 g/mol. The van der Waals surface area contributed by atoms with Crippen molar-refractivity contribution in [3.8, 4) is 28.7 Å². The quantitative estimate of drug-likeness (QED) is 0.408. The second-order valence-electron chi connectivity index (χ2n) is 8.20. The molecule has 2 aromatic carbocycles. The fraction of sp³-hybridized carbons (Fsp3) is 0.192. The van der Waals surface area contributed by atoms with E-state index >= 15 is 0 Å². The molecule has 3 heterocycles. The Morgan fingerprint density at radius 1 is 1.00 bits per heavy atom. The minimum Gasteiger partial charge on any atom is -0.481 e. The van der Waals surface area contributed by atoms with E-state index in [1.54, 1.807) is 42.3 Å². The number of hydrogen-bond donors (Lipinski definition) is 0. The van der Waals surface area contributed by atoms with Crippen molar-refractivity contribution in [2.45, 2.75) is 13.0 Å². The van der Waals surface area contributed by atoms with E-state index in [2.05, 4.69) is 20.1 Å². The lowest BCUT2D eigenvalue weighted by Crippen LogP contribution is -2.37. The van der Waals surface area contributed by atoms with Crippen LogP contribution in [0.3, 0.4) is 0 Å². The maximum atomic E-state index is 13.5. The van der Waals surface area contributed by atoms with Gasteiger partial charge in [0.25, 0.3) is 0 Å². The Hall–Kier alpha value is -4.47. The highest BCUT2D eigenvalue weighted by Gasteiger charge is 2.22. The molecule has 1 aliphatic rings.